The van der Waals surface area contributed by atoms with E-state index in [1.54, 1.807) is 4.68 Å². The number of nitrogen functional groups attached to an aromatic ring is 1. The first-order valence-electron chi connectivity index (χ1n) is 12.0. The summed E-state index contributed by atoms with van der Waals surface area (Å²) < 4.78 is 1.78. The van der Waals surface area contributed by atoms with Crippen molar-refractivity contribution in [3.63, 3.8) is 0 Å². The van der Waals surface area contributed by atoms with E-state index in [0.717, 1.165) is 43.1 Å². The molecule has 0 radical (unpaired) electrons. The average Bonchev–Trinajstić information content (AvgIpc) is 3.41. The van der Waals surface area contributed by atoms with Gasteiger partial charge in [-0.15, -0.1) is 0 Å². The summed E-state index contributed by atoms with van der Waals surface area (Å²) >= 11 is 0. The second-order valence-electron chi connectivity index (χ2n) is 9.40. The highest BCUT2D eigenvalue weighted by atomic mass is 15.3. The number of hydrogen-bond acceptors (Lipinski definition) is 4. The van der Waals surface area contributed by atoms with Crippen molar-refractivity contribution in [2.75, 3.05) is 37.3 Å². The van der Waals surface area contributed by atoms with Gasteiger partial charge >= 0.3 is 0 Å². The fourth-order valence-electron chi connectivity index (χ4n) is 5.68. The Kier molecular flexibility index (Phi) is 5.04. The third-order valence-electron chi connectivity index (χ3n) is 7.42. The molecule has 2 saturated heterocycles. The second kappa shape index (κ2) is 8.19. The summed E-state index contributed by atoms with van der Waals surface area (Å²) in [5.41, 5.74) is 7.34. The highest BCUT2D eigenvalue weighted by molar-refractivity contribution is 5.90. The summed E-state index contributed by atoms with van der Waals surface area (Å²) in [6, 6.07) is 13.2. The zero-order valence-corrected chi connectivity index (χ0v) is 18.5. The van der Waals surface area contributed by atoms with Crippen molar-refractivity contribution >= 4 is 33.2 Å². The highest BCUT2D eigenvalue weighted by Gasteiger charge is 2.21. The number of rotatable bonds is 4. The lowest BCUT2D eigenvalue weighted by atomic mass is 9.90. The smallest absolute Gasteiger partial charge is 0.0694 e. The Labute approximate surface area is 188 Å². The normalized spacial score (nSPS) is 18.5. The van der Waals surface area contributed by atoms with Gasteiger partial charge < -0.3 is 26.8 Å². The number of nitrogens with one attached hydrogen (secondary N) is 4. The van der Waals surface area contributed by atoms with Crippen LogP contribution in [0, 0.1) is 0 Å². The van der Waals surface area contributed by atoms with Crippen molar-refractivity contribution in [1.29, 1.82) is 0 Å². The predicted octanol–water partition coefficient (Wildman–Crippen LogP) is 4.51. The molecule has 0 amide bonds. The monoisotopic (exact) mass is 428 g/mol. The molecule has 6 heteroatoms. The number of piperidine rings is 2. The van der Waals surface area contributed by atoms with Crippen LogP contribution in [0.4, 0.5) is 11.4 Å². The molecule has 2 aliphatic rings. The van der Waals surface area contributed by atoms with Gasteiger partial charge in [-0.3, -0.25) is 4.68 Å². The third kappa shape index (κ3) is 3.53. The fraction of sp³-hybridized carbons (Fsp3) is 0.385. The van der Waals surface area contributed by atoms with E-state index in [4.69, 9.17) is 5.84 Å². The SMILES string of the molecule is Nn1cc(C2CCNCC2)c2cc(Nc3ccc4c(C5CCNCC5)c[nH]c4c3)ccc21. The van der Waals surface area contributed by atoms with Crippen LogP contribution in [0.25, 0.3) is 21.8 Å². The molecule has 2 aliphatic heterocycles. The van der Waals surface area contributed by atoms with Gasteiger partial charge in [-0.1, -0.05) is 6.07 Å². The number of H-pyrrole nitrogens is 1. The first kappa shape index (κ1) is 19.7. The van der Waals surface area contributed by atoms with Gasteiger partial charge in [0, 0.05) is 40.1 Å². The van der Waals surface area contributed by atoms with E-state index in [-0.39, 0.29) is 0 Å². The number of nitrogens with two attached hydrogens (primary N) is 1. The van der Waals surface area contributed by atoms with Crippen LogP contribution in [-0.2, 0) is 0 Å². The number of aromatic amines is 1. The number of hydrogen-bond donors (Lipinski definition) is 5. The van der Waals surface area contributed by atoms with Crippen molar-refractivity contribution in [3.05, 3.63) is 59.9 Å². The summed E-state index contributed by atoms with van der Waals surface area (Å²) in [5, 5.41) is 13.2. The Morgan fingerprint density at radius 1 is 0.781 bits per heavy atom. The van der Waals surface area contributed by atoms with Crippen molar-refractivity contribution < 1.29 is 0 Å². The maximum Gasteiger partial charge on any atom is 0.0694 e. The van der Waals surface area contributed by atoms with Crippen LogP contribution in [0.2, 0.25) is 0 Å². The lowest BCUT2D eigenvalue weighted by Gasteiger charge is -2.22. The molecule has 6 rings (SSSR count). The summed E-state index contributed by atoms with van der Waals surface area (Å²) in [6.07, 6.45) is 9.10. The molecule has 32 heavy (non-hydrogen) atoms. The molecule has 0 spiro atoms. The summed E-state index contributed by atoms with van der Waals surface area (Å²) in [7, 11) is 0. The molecule has 2 aromatic carbocycles. The van der Waals surface area contributed by atoms with Crippen LogP contribution in [0.5, 0.6) is 0 Å². The Morgan fingerprint density at radius 3 is 2.19 bits per heavy atom. The minimum absolute atomic E-state index is 0.572. The summed E-state index contributed by atoms with van der Waals surface area (Å²) in [6.45, 7) is 4.39. The molecule has 0 atom stereocenters. The third-order valence-corrected chi connectivity index (χ3v) is 7.42. The van der Waals surface area contributed by atoms with Gasteiger partial charge in [0.2, 0.25) is 0 Å². The van der Waals surface area contributed by atoms with Crippen LogP contribution in [-0.4, -0.2) is 35.8 Å². The molecule has 0 unspecified atom stereocenters. The standard InChI is InChI=1S/C26H32N6/c27-32-16-24(18-7-11-29-12-8-18)22-13-19(2-4-26(22)32)31-20-1-3-21-23(15-30-25(21)14-20)17-5-9-28-10-6-17/h1-4,13-18,28-31H,5-12,27H2. The molecular weight excluding hydrogens is 396 g/mol. The largest absolute Gasteiger partial charge is 0.361 e. The molecule has 2 fully saturated rings. The molecule has 0 aliphatic carbocycles. The number of benzene rings is 2. The molecular formula is C26H32N6. The number of nitrogens with zero attached hydrogens (tertiary/aromatic N) is 1. The second-order valence-corrected chi connectivity index (χ2v) is 9.40. The van der Waals surface area contributed by atoms with Gasteiger partial charge in [0.15, 0.2) is 0 Å². The Hall–Kier alpha value is -2.96. The summed E-state index contributed by atoms with van der Waals surface area (Å²) in [5.74, 6) is 7.51. The highest BCUT2D eigenvalue weighted by Crippen LogP contribution is 2.35. The lowest BCUT2D eigenvalue weighted by molar-refractivity contribution is 0.462. The Bertz CT molecular complexity index is 1240. The van der Waals surface area contributed by atoms with Gasteiger partial charge in [0.1, 0.15) is 0 Å². The number of fused-ring (bicyclic) bond motifs is 2. The van der Waals surface area contributed by atoms with E-state index >= 15 is 0 Å². The average molecular weight is 429 g/mol. The maximum absolute atomic E-state index is 6.28. The van der Waals surface area contributed by atoms with E-state index in [1.807, 2.05) is 0 Å². The topological polar surface area (TPSA) is 82.8 Å². The van der Waals surface area contributed by atoms with Gasteiger partial charge in [0.05, 0.1) is 5.52 Å². The molecule has 2 aromatic heterocycles. The zero-order valence-electron chi connectivity index (χ0n) is 18.5. The quantitative estimate of drug-likeness (QED) is 0.310. The minimum atomic E-state index is 0.572. The van der Waals surface area contributed by atoms with Crippen LogP contribution in [0.1, 0.15) is 48.6 Å². The maximum atomic E-state index is 6.28. The van der Waals surface area contributed by atoms with Gasteiger partial charge in [-0.05, 0) is 105 Å². The van der Waals surface area contributed by atoms with Crippen LogP contribution >= 0.6 is 0 Å². The van der Waals surface area contributed by atoms with Crippen LogP contribution in [0.15, 0.2) is 48.8 Å². The fourth-order valence-corrected chi connectivity index (χ4v) is 5.68. The summed E-state index contributed by atoms with van der Waals surface area (Å²) in [4.78, 5) is 3.51. The minimum Gasteiger partial charge on any atom is -0.361 e. The van der Waals surface area contributed by atoms with Crippen molar-refractivity contribution in [1.82, 2.24) is 20.3 Å². The predicted molar refractivity (Wildman–Crippen MR) is 133 cm³/mol. The number of anilines is 2. The molecule has 6 N–H and O–H groups in total. The van der Waals surface area contributed by atoms with Crippen molar-refractivity contribution in [2.45, 2.75) is 37.5 Å². The first-order valence-corrected chi connectivity index (χ1v) is 12.0. The molecule has 0 saturated carbocycles. The Morgan fingerprint density at radius 2 is 1.44 bits per heavy atom. The molecule has 166 valence electrons. The molecule has 6 nitrogen and oxygen atoms in total. The van der Waals surface area contributed by atoms with E-state index < -0.39 is 0 Å². The van der Waals surface area contributed by atoms with Crippen LogP contribution < -0.4 is 21.8 Å². The Balaban J connectivity index is 1.29. The zero-order chi connectivity index (χ0) is 21.5. The van der Waals surface area contributed by atoms with E-state index in [2.05, 4.69) is 69.7 Å². The van der Waals surface area contributed by atoms with Gasteiger partial charge in [-0.2, -0.15) is 0 Å². The van der Waals surface area contributed by atoms with Crippen LogP contribution in [0.3, 0.4) is 0 Å². The van der Waals surface area contributed by atoms with Crippen molar-refractivity contribution in [2.24, 2.45) is 0 Å². The molecule has 0 bridgehead atoms. The first-order chi connectivity index (χ1) is 15.8. The van der Waals surface area contributed by atoms with Gasteiger partial charge in [-0.25, -0.2) is 0 Å². The lowest BCUT2D eigenvalue weighted by Crippen LogP contribution is -2.26. The van der Waals surface area contributed by atoms with E-state index in [9.17, 15) is 0 Å². The van der Waals surface area contributed by atoms with Crippen molar-refractivity contribution in [3.8, 4) is 0 Å². The number of aromatic nitrogens is 2. The van der Waals surface area contributed by atoms with Gasteiger partial charge in [0.25, 0.3) is 0 Å². The molecule has 4 heterocycles. The van der Waals surface area contributed by atoms with E-state index in [1.165, 1.54) is 53.1 Å². The molecule has 4 aromatic rings. The van der Waals surface area contributed by atoms with E-state index in [0.29, 0.717) is 11.8 Å².